The minimum atomic E-state index is 0.901. The van der Waals surface area contributed by atoms with Gasteiger partial charge in [0.1, 0.15) is 0 Å². The van der Waals surface area contributed by atoms with Crippen LogP contribution in [0.4, 0.5) is 0 Å². The zero-order valence-corrected chi connectivity index (χ0v) is 10.3. The first-order chi connectivity index (χ1) is 7.19. The van der Waals surface area contributed by atoms with Gasteiger partial charge in [-0.2, -0.15) is 0 Å². The van der Waals surface area contributed by atoms with Crippen molar-refractivity contribution in [1.82, 2.24) is 4.90 Å². The topological polar surface area (TPSA) is 3.24 Å². The van der Waals surface area contributed by atoms with Gasteiger partial charge in [0.05, 0.1) is 0 Å². The molecule has 0 fully saturated rings. The fourth-order valence-corrected chi connectivity index (χ4v) is 1.56. The molecule has 1 nitrogen and oxygen atoms in total. The van der Waals surface area contributed by atoms with Crippen molar-refractivity contribution in [3.05, 3.63) is 48.7 Å². The molecule has 0 aromatic carbocycles. The molecule has 84 valence electrons. The quantitative estimate of drug-likeness (QED) is 0.569. The second-order valence-electron chi connectivity index (χ2n) is 3.39. The highest BCUT2D eigenvalue weighted by Crippen LogP contribution is 2.14. The first kappa shape index (κ1) is 13.8. The Morgan fingerprint density at radius 3 is 2.27 bits per heavy atom. The summed E-state index contributed by atoms with van der Waals surface area (Å²) < 4.78 is 0. The lowest BCUT2D eigenvalue weighted by Gasteiger charge is -2.23. The van der Waals surface area contributed by atoms with E-state index in [-0.39, 0.29) is 0 Å². The Bertz CT molecular complexity index is 255. The second-order valence-corrected chi connectivity index (χ2v) is 3.39. The molecule has 0 radical (unpaired) electrons. The van der Waals surface area contributed by atoms with Gasteiger partial charge in [-0.25, -0.2) is 0 Å². The summed E-state index contributed by atoms with van der Waals surface area (Å²) >= 11 is 0. The van der Waals surface area contributed by atoms with Crippen LogP contribution in [0.1, 0.15) is 27.2 Å². The van der Waals surface area contributed by atoms with E-state index in [1.54, 1.807) is 0 Å². The fourth-order valence-electron chi connectivity index (χ4n) is 1.56. The van der Waals surface area contributed by atoms with Gasteiger partial charge in [-0.15, -0.1) is 0 Å². The average Bonchev–Trinajstić information content (AvgIpc) is 2.20. The summed E-state index contributed by atoms with van der Waals surface area (Å²) in [6.45, 7) is 16.2. The fraction of sp³-hybridized carbons (Fsp3) is 0.429. The summed E-state index contributed by atoms with van der Waals surface area (Å²) in [6.07, 6.45) is 8.92. The van der Waals surface area contributed by atoms with Crippen molar-refractivity contribution in [1.29, 1.82) is 0 Å². The Hall–Kier alpha value is -1.24. The molecular weight excluding hydrogens is 182 g/mol. The third-order valence-electron chi connectivity index (χ3n) is 2.33. The normalized spacial score (nSPS) is 11.8. The second kappa shape index (κ2) is 8.10. The number of allylic oxidation sites excluding steroid dienone is 5. The van der Waals surface area contributed by atoms with Gasteiger partial charge in [0.2, 0.25) is 0 Å². The van der Waals surface area contributed by atoms with E-state index in [1.165, 1.54) is 11.3 Å². The summed E-state index contributed by atoms with van der Waals surface area (Å²) in [4.78, 5) is 2.28. The maximum atomic E-state index is 4.12. The summed E-state index contributed by atoms with van der Waals surface area (Å²) in [6, 6.07) is 0. The maximum Gasteiger partial charge on any atom is 0.0146 e. The predicted molar refractivity (Wildman–Crippen MR) is 69.8 cm³/mol. The lowest BCUT2D eigenvalue weighted by Crippen LogP contribution is -2.21. The van der Waals surface area contributed by atoms with E-state index in [0.29, 0.717) is 0 Å². The minimum absolute atomic E-state index is 0.901. The van der Waals surface area contributed by atoms with Crippen molar-refractivity contribution in [3.8, 4) is 0 Å². The van der Waals surface area contributed by atoms with Crippen molar-refractivity contribution in [2.75, 3.05) is 13.1 Å². The van der Waals surface area contributed by atoms with Crippen molar-refractivity contribution >= 4 is 0 Å². The van der Waals surface area contributed by atoms with Crippen LogP contribution in [0, 0.1) is 0 Å². The Kier molecular flexibility index (Phi) is 7.43. The molecular formula is C14H23N. The highest BCUT2D eigenvalue weighted by atomic mass is 15.1. The summed E-state index contributed by atoms with van der Waals surface area (Å²) in [5.41, 5.74) is 2.43. The monoisotopic (exact) mass is 205 g/mol. The number of rotatable bonds is 7. The molecule has 0 spiro atoms. The van der Waals surface area contributed by atoms with Crippen LogP contribution in [0.2, 0.25) is 0 Å². The van der Waals surface area contributed by atoms with Gasteiger partial charge >= 0.3 is 0 Å². The van der Waals surface area contributed by atoms with Crippen LogP contribution in [0.15, 0.2) is 48.7 Å². The highest BCUT2D eigenvalue weighted by molar-refractivity contribution is 5.27. The van der Waals surface area contributed by atoms with Gasteiger partial charge in [-0.1, -0.05) is 37.5 Å². The molecule has 0 aliphatic rings. The molecule has 0 N–H and O–H groups in total. The predicted octanol–water partition coefficient (Wildman–Crippen LogP) is 3.92. The van der Waals surface area contributed by atoms with Crippen LogP contribution in [0.25, 0.3) is 0 Å². The molecule has 15 heavy (non-hydrogen) atoms. The smallest absolute Gasteiger partial charge is 0.0146 e. The highest BCUT2D eigenvalue weighted by Gasteiger charge is 2.03. The summed E-state index contributed by atoms with van der Waals surface area (Å²) in [7, 11) is 0. The molecule has 0 rings (SSSR count). The van der Waals surface area contributed by atoms with Gasteiger partial charge in [0, 0.05) is 25.2 Å². The Labute approximate surface area is 94.5 Å². The molecule has 0 aromatic rings. The molecule has 0 amide bonds. The number of hydrogen-bond donors (Lipinski definition) is 0. The zero-order valence-electron chi connectivity index (χ0n) is 10.3. The van der Waals surface area contributed by atoms with Crippen molar-refractivity contribution in [3.63, 3.8) is 0 Å². The Morgan fingerprint density at radius 2 is 1.87 bits per heavy atom. The Balaban J connectivity index is 4.47. The Morgan fingerprint density at radius 1 is 1.27 bits per heavy atom. The van der Waals surface area contributed by atoms with E-state index in [1.807, 2.05) is 25.2 Å². The van der Waals surface area contributed by atoms with Crippen molar-refractivity contribution in [2.45, 2.75) is 27.2 Å². The largest absolute Gasteiger partial charge is 0.376 e. The molecule has 0 atom stereocenters. The van der Waals surface area contributed by atoms with Gasteiger partial charge in [0.25, 0.3) is 0 Å². The zero-order chi connectivity index (χ0) is 11.7. The molecule has 0 aromatic heterocycles. The number of nitrogens with zero attached hydrogens (tertiary/aromatic N) is 1. The lowest BCUT2D eigenvalue weighted by molar-refractivity contribution is 0.376. The average molecular weight is 205 g/mol. The first-order valence-corrected chi connectivity index (χ1v) is 5.56. The third kappa shape index (κ3) is 5.26. The third-order valence-corrected chi connectivity index (χ3v) is 2.33. The van der Waals surface area contributed by atoms with E-state index in [4.69, 9.17) is 0 Å². The van der Waals surface area contributed by atoms with Crippen LogP contribution in [0.5, 0.6) is 0 Å². The summed E-state index contributed by atoms with van der Waals surface area (Å²) in [5, 5.41) is 0. The van der Waals surface area contributed by atoms with Crippen molar-refractivity contribution in [2.24, 2.45) is 0 Å². The SMILES string of the molecule is C=C/C=C(\C=C/C)CC(=C)N(CC)CC. The van der Waals surface area contributed by atoms with E-state index in [9.17, 15) is 0 Å². The first-order valence-electron chi connectivity index (χ1n) is 5.56. The van der Waals surface area contributed by atoms with Crippen LogP contribution in [-0.2, 0) is 0 Å². The lowest BCUT2D eigenvalue weighted by atomic mass is 10.1. The van der Waals surface area contributed by atoms with Gasteiger partial charge < -0.3 is 4.90 Å². The van der Waals surface area contributed by atoms with E-state index >= 15 is 0 Å². The summed E-state index contributed by atoms with van der Waals surface area (Å²) in [5.74, 6) is 0. The number of hydrogen-bond acceptors (Lipinski definition) is 1. The van der Waals surface area contributed by atoms with Crippen LogP contribution < -0.4 is 0 Å². The van der Waals surface area contributed by atoms with E-state index < -0.39 is 0 Å². The molecule has 0 saturated heterocycles. The van der Waals surface area contributed by atoms with E-state index in [2.05, 4.69) is 38.0 Å². The van der Waals surface area contributed by atoms with Gasteiger partial charge in [-0.3, -0.25) is 0 Å². The van der Waals surface area contributed by atoms with Crippen LogP contribution in [0.3, 0.4) is 0 Å². The van der Waals surface area contributed by atoms with Gasteiger partial charge in [-0.05, 0) is 26.3 Å². The molecule has 0 bridgehead atoms. The van der Waals surface area contributed by atoms with Crippen LogP contribution in [-0.4, -0.2) is 18.0 Å². The molecule has 0 heterocycles. The standard InChI is InChI=1S/C14H23N/c1-6-10-14(11-7-2)12-13(5)15(8-3)9-4/h6-7,10-11H,1,5,8-9,12H2,2-4H3/b11-7-,14-10+. The van der Waals surface area contributed by atoms with Crippen LogP contribution >= 0.6 is 0 Å². The molecule has 0 unspecified atom stereocenters. The van der Waals surface area contributed by atoms with Gasteiger partial charge in [0.15, 0.2) is 0 Å². The molecule has 0 saturated carbocycles. The molecule has 0 aliphatic carbocycles. The van der Waals surface area contributed by atoms with E-state index in [0.717, 1.165) is 19.5 Å². The van der Waals surface area contributed by atoms with Crippen molar-refractivity contribution < 1.29 is 0 Å². The maximum absolute atomic E-state index is 4.12. The molecule has 0 aliphatic heterocycles. The minimum Gasteiger partial charge on any atom is -0.376 e. The molecule has 1 heteroatoms.